The van der Waals surface area contributed by atoms with Crippen molar-refractivity contribution in [2.45, 2.75) is 13.0 Å². The number of piperazine rings is 1. The van der Waals surface area contributed by atoms with Crippen molar-refractivity contribution in [3.8, 4) is 0 Å². The van der Waals surface area contributed by atoms with Gasteiger partial charge in [-0.3, -0.25) is 19.8 Å². The van der Waals surface area contributed by atoms with Crippen LogP contribution in [0.3, 0.4) is 0 Å². The number of hydrogen-bond donors (Lipinski definition) is 1. The number of rotatable bonds is 8. The average Bonchev–Trinajstić information content (AvgIpc) is 2.73. The van der Waals surface area contributed by atoms with Crippen molar-refractivity contribution in [3.63, 3.8) is 0 Å². The monoisotopic (exact) mass is 416 g/mol. The number of hydrogen-bond acceptors (Lipinski definition) is 5. The molecule has 1 heterocycles. The SMILES string of the molecule is O=C(NCCCN1CCN(Cc2ccccc2)CC1)c1ccc(Cl)cc1[N+](=O)[O-]. The summed E-state index contributed by atoms with van der Waals surface area (Å²) in [6, 6.07) is 14.5. The fourth-order valence-electron chi connectivity index (χ4n) is 3.46. The molecule has 3 rings (SSSR count). The number of amides is 1. The second kappa shape index (κ2) is 10.3. The fourth-order valence-corrected chi connectivity index (χ4v) is 3.63. The Kier molecular flexibility index (Phi) is 7.57. The van der Waals surface area contributed by atoms with E-state index in [1.165, 1.54) is 23.8 Å². The summed E-state index contributed by atoms with van der Waals surface area (Å²) >= 11 is 5.79. The smallest absolute Gasteiger partial charge is 0.283 e. The molecule has 0 bridgehead atoms. The van der Waals surface area contributed by atoms with Crippen molar-refractivity contribution in [3.05, 3.63) is 74.8 Å². The van der Waals surface area contributed by atoms with Crippen molar-refractivity contribution >= 4 is 23.2 Å². The molecule has 8 heteroatoms. The molecule has 2 aromatic rings. The van der Waals surface area contributed by atoms with E-state index in [0.29, 0.717) is 6.54 Å². The zero-order chi connectivity index (χ0) is 20.6. The first-order valence-electron chi connectivity index (χ1n) is 9.74. The van der Waals surface area contributed by atoms with E-state index in [2.05, 4.69) is 39.4 Å². The van der Waals surface area contributed by atoms with Crippen LogP contribution in [0, 0.1) is 10.1 Å². The highest BCUT2D eigenvalue weighted by Crippen LogP contribution is 2.23. The number of nitrogens with zero attached hydrogens (tertiary/aromatic N) is 3. The highest BCUT2D eigenvalue weighted by atomic mass is 35.5. The molecular weight excluding hydrogens is 392 g/mol. The topological polar surface area (TPSA) is 78.7 Å². The van der Waals surface area contributed by atoms with Crippen molar-refractivity contribution in [1.82, 2.24) is 15.1 Å². The third kappa shape index (κ3) is 6.25. The van der Waals surface area contributed by atoms with Crippen LogP contribution in [-0.4, -0.2) is 59.9 Å². The molecule has 0 radical (unpaired) electrons. The lowest BCUT2D eigenvalue weighted by molar-refractivity contribution is -0.385. The molecule has 0 spiro atoms. The van der Waals surface area contributed by atoms with Crippen molar-refractivity contribution < 1.29 is 9.72 Å². The number of benzene rings is 2. The molecule has 1 fully saturated rings. The molecule has 29 heavy (non-hydrogen) atoms. The predicted molar refractivity (Wildman–Crippen MR) is 113 cm³/mol. The second-order valence-electron chi connectivity index (χ2n) is 7.13. The van der Waals surface area contributed by atoms with Gasteiger partial charge in [-0.15, -0.1) is 0 Å². The minimum atomic E-state index is -0.588. The van der Waals surface area contributed by atoms with E-state index in [-0.39, 0.29) is 16.3 Å². The number of nitro benzene ring substituents is 1. The van der Waals surface area contributed by atoms with Gasteiger partial charge in [0.15, 0.2) is 0 Å². The lowest BCUT2D eigenvalue weighted by Crippen LogP contribution is -2.46. The van der Waals surface area contributed by atoms with Gasteiger partial charge in [-0.25, -0.2) is 0 Å². The number of carbonyl (C=O) groups is 1. The van der Waals surface area contributed by atoms with Gasteiger partial charge in [-0.2, -0.15) is 0 Å². The summed E-state index contributed by atoms with van der Waals surface area (Å²) in [7, 11) is 0. The maximum Gasteiger partial charge on any atom is 0.283 e. The molecule has 1 N–H and O–H groups in total. The van der Waals surface area contributed by atoms with Crippen LogP contribution in [0.1, 0.15) is 22.3 Å². The van der Waals surface area contributed by atoms with E-state index in [4.69, 9.17) is 11.6 Å². The summed E-state index contributed by atoms with van der Waals surface area (Å²) < 4.78 is 0. The molecular formula is C21H25ClN4O3. The van der Waals surface area contributed by atoms with E-state index in [1.54, 1.807) is 0 Å². The molecule has 1 saturated heterocycles. The van der Waals surface area contributed by atoms with Crippen LogP contribution in [0.4, 0.5) is 5.69 Å². The Hall–Kier alpha value is -2.48. The van der Waals surface area contributed by atoms with Gasteiger partial charge in [0, 0.05) is 50.4 Å². The summed E-state index contributed by atoms with van der Waals surface area (Å²) in [5.74, 6) is -0.443. The van der Waals surface area contributed by atoms with Crippen LogP contribution in [-0.2, 0) is 6.54 Å². The molecule has 0 aromatic heterocycles. The van der Waals surface area contributed by atoms with Crippen LogP contribution in [0.15, 0.2) is 48.5 Å². The predicted octanol–water partition coefficient (Wildman–Crippen LogP) is 3.19. The Bertz CT molecular complexity index is 839. The summed E-state index contributed by atoms with van der Waals surface area (Å²) in [6.07, 6.45) is 0.797. The standard InChI is InChI=1S/C21H25ClN4O3/c22-18-7-8-19(20(15-18)26(28)29)21(27)23-9-4-10-24-11-13-25(14-12-24)16-17-5-2-1-3-6-17/h1-3,5-8,15H,4,9-14,16H2,(H,23,27). The largest absolute Gasteiger partial charge is 0.352 e. The van der Waals surface area contributed by atoms with E-state index in [9.17, 15) is 14.9 Å². The van der Waals surface area contributed by atoms with Gasteiger partial charge in [-0.05, 0) is 30.7 Å². The minimum Gasteiger partial charge on any atom is -0.352 e. The molecule has 0 atom stereocenters. The number of carbonyl (C=O) groups excluding carboxylic acids is 1. The van der Waals surface area contributed by atoms with Gasteiger partial charge >= 0.3 is 0 Å². The van der Waals surface area contributed by atoms with Gasteiger partial charge in [-0.1, -0.05) is 41.9 Å². The van der Waals surface area contributed by atoms with Gasteiger partial charge in [0.25, 0.3) is 11.6 Å². The number of nitro groups is 1. The van der Waals surface area contributed by atoms with E-state index in [1.807, 2.05) is 6.07 Å². The Labute approximate surface area is 175 Å². The summed E-state index contributed by atoms with van der Waals surface area (Å²) in [4.78, 5) is 27.6. The van der Waals surface area contributed by atoms with Gasteiger partial charge in [0.05, 0.1) is 4.92 Å². The average molecular weight is 417 g/mol. The van der Waals surface area contributed by atoms with E-state index >= 15 is 0 Å². The van der Waals surface area contributed by atoms with Crippen LogP contribution in [0.25, 0.3) is 0 Å². The first-order chi connectivity index (χ1) is 14.0. The third-order valence-electron chi connectivity index (χ3n) is 5.05. The van der Waals surface area contributed by atoms with Gasteiger partial charge in [0.2, 0.25) is 0 Å². The molecule has 0 saturated carbocycles. The highest BCUT2D eigenvalue weighted by molar-refractivity contribution is 6.31. The molecule has 7 nitrogen and oxygen atoms in total. The van der Waals surface area contributed by atoms with Crippen molar-refractivity contribution in [2.75, 3.05) is 39.3 Å². The third-order valence-corrected chi connectivity index (χ3v) is 5.29. The zero-order valence-corrected chi connectivity index (χ0v) is 17.0. The molecule has 1 aliphatic rings. The minimum absolute atomic E-state index is 0.0360. The summed E-state index contributed by atoms with van der Waals surface area (Å²) in [5.41, 5.74) is 1.10. The van der Waals surface area contributed by atoms with Crippen molar-refractivity contribution in [1.29, 1.82) is 0 Å². The van der Waals surface area contributed by atoms with Crippen LogP contribution in [0.2, 0.25) is 5.02 Å². The first-order valence-corrected chi connectivity index (χ1v) is 10.1. The molecule has 2 aromatic carbocycles. The maximum absolute atomic E-state index is 12.3. The number of halogens is 1. The lowest BCUT2D eigenvalue weighted by atomic mass is 10.1. The maximum atomic E-state index is 12.3. The van der Waals surface area contributed by atoms with Crippen molar-refractivity contribution in [2.24, 2.45) is 0 Å². The molecule has 154 valence electrons. The fraction of sp³-hybridized carbons (Fsp3) is 0.381. The Balaban J connectivity index is 1.37. The van der Waals surface area contributed by atoms with Crippen LogP contribution >= 0.6 is 11.6 Å². The van der Waals surface area contributed by atoms with Gasteiger partial charge < -0.3 is 10.2 Å². The van der Waals surface area contributed by atoms with Crippen LogP contribution < -0.4 is 5.32 Å². The van der Waals surface area contributed by atoms with E-state index < -0.39 is 10.8 Å². The molecule has 0 unspecified atom stereocenters. The Morgan fingerprint density at radius 1 is 1.07 bits per heavy atom. The van der Waals surface area contributed by atoms with Gasteiger partial charge in [0.1, 0.15) is 5.56 Å². The normalized spacial score (nSPS) is 15.2. The second-order valence-corrected chi connectivity index (χ2v) is 7.57. The lowest BCUT2D eigenvalue weighted by Gasteiger charge is -2.34. The Morgan fingerprint density at radius 3 is 2.45 bits per heavy atom. The summed E-state index contributed by atoms with van der Waals surface area (Å²) in [6.45, 7) is 6.40. The van der Waals surface area contributed by atoms with Crippen LogP contribution in [0.5, 0.6) is 0 Å². The first kappa shape index (κ1) is 21.2. The van der Waals surface area contributed by atoms with E-state index in [0.717, 1.165) is 45.7 Å². The Morgan fingerprint density at radius 2 is 1.76 bits per heavy atom. The number of nitrogens with one attached hydrogen (secondary N) is 1. The summed E-state index contributed by atoms with van der Waals surface area (Å²) in [5, 5.41) is 14.1. The molecule has 0 aliphatic carbocycles. The highest BCUT2D eigenvalue weighted by Gasteiger charge is 2.20. The molecule has 1 aliphatic heterocycles. The molecule has 1 amide bonds. The zero-order valence-electron chi connectivity index (χ0n) is 16.2. The quantitative estimate of drug-likeness (QED) is 0.406.